The van der Waals surface area contributed by atoms with Crippen LogP contribution in [0.3, 0.4) is 0 Å². The number of esters is 2. The molecular formula is C17H20O5. The van der Waals surface area contributed by atoms with Crippen LogP contribution >= 0.6 is 0 Å². The van der Waals surface area contributed by atoms with Crippen LogP contribution in [0.15, 0.2) is 36.5 Å². The van der Waals surface area contributed by atoms with Gasteiger partial charge in [0.25, 0.3) is 0 Å². The number of carbonyl (C=O) groups is 3. The summed E-state index contributed by atoms with van der Waals surface area (Å²) in [7, 11) is 2.51. The number of allylic oxidation sites excluding steroid dienone is 5. The molecule has 0 aromatic heterocycles. The second kappa shape index (κ2) is 5.55. The molecule has 0 N–H and O–H groups in total. The van der Waals surface area contributed by atoms with Crippen LogP contribution < -0.4 is 0 Å². The molecule has 0 amide bonds. The molecular weight excluding hydrogens is 284 g/mol. The molecule has 1 unspecified atom stereocenters. The normalized spacial score (nSPS) is 29.1. The number of carbonyl (C=O) groups excluding carboxylic acids is 3. The first-order chi connectivity index (χ1) is 10.4. The average Bonchev–Trinajstić information content (AvgIpc) is 2.86. The zero-order valence-electron chi connectivity index (χ0n) is 13.0. The van der Waals surface area contributed by atoms with Gasteiger partial charge in [-0.2, -0.15) is 0 Å². The predicted octanol–water partition coefficient (Wildman–Crippen LogP) is 1.99. The SMILES string of the molecule is C=CC1CC(C(=O)OC)(C(=O)OC)C[C@@]12C=CC(=O)C=C2C. The minimum absolute atomic E-state index is 0.0976. The monoisotopic (exact) mass is 304 g/mol. The smallest absolute Gasteiger partial charge is 0.323 e. The van der Waals surface area contributed by atoms with Crippen molar-refractivity contribution in [3.05, 3.63) is 36.5 Å². The fourth-order valence-electron chi connectivity index (χ4n) is 3.71. The van der Waals surface area contributed by atoms with Gasteiger partial charge in [-0.3, -0.25) is 14.4 Å². The molecule has 1 spiro atoms. The first-order valence-electron chi connectivity index (χ1n) is 7.07. The van der Waals surface area contributed by atoms with Crippen molar-refractivity contribution in [1.82, 2.24) is 0 Å². The van der Waals surface area contributed by atoms with Gasteiger partial charge in [-0.25, -0.2) is 0 Å². The molecule has 5 nitrogen and oxygen atoms in total. The van der Waals surface area contributed by atoms with Crippen molar-refractivity contribution < 1.29 is 23.9 Å². The summed E-state index contributed by atoms with van der Waals surface area (Å²) in [5, 5.41) is 0. The van der Waals surface area contributed by atoms with Crippen molar-refractivity contribution in [3.8, 4) is 0 Å². The summed E-state index contributed by atoms with van der Waals surface area (Å²) in [6.07, 6.45) is 6.99. The molecule has 5 heteroatoms. The predicted molar refractivity (Wildman–Crippen MR) is 79.7 cm³/mol. The van der Waals surface area contributed by atoms with Crippen LogP contribution in [-0.4, -0.2) is 31.9 Å². The van der Waals surface area contributed by atoms with Gasteiger partial charge in [-0.15, -0.1) is 6.58 Å². The second-order valence-corrected chi connectivity index (χ2v) is 5.89. The lowest BCUT2D eigenvalue weighted by molar-refractivity contribution is -0.169. The summed E-state index contributed by atoms with van der Waals surface area (Å²) in [6, 6.07) is 0. The van der Waals surface area contributed by atoms with Gasteiger partial charge in [-0.1, -0.05) is 17.7 Å². The highest BCUT2D eigenvalue weighted by atomic mass is 16.5. The van der Waals surface area contributed by atoms with Crippen molar-refractivity contribution in [2.45, 2.75) is 19.8 Å². The van der Waals surface area contributed by atoms with Crippen molar-refractivity contribution in [2.75, 3.05) is 14.2 Å². The quantitative estimate of drug-likeness (QED) is 0.453. The summed E-state index contributed by atoms with van der Waals surface area (Å²) in [5.41, 5.74) is -1.14. The van der Waals surface area contributed by atoms with Crippen LogP contribution in [0.25, 0.3) is 0 Å². The highest BCUT2D eigenvalue weighted by Gasteiger charge is 2.62. The van der Waals surface area contributed by atoms with Crippen LogP contribution in [0.1, 0.15) is 19.8 Å². The molecule has 0 aromatic rings. The van der Waals surface area contributed by atoms with Crippen LogP contribution in [0.5, 0.6) is 0 Å². The maximum atomic E-state index is 12.3. The Labute approximate surface area is 129 Å². The minimum Gasteiger partial charge on any atom is -0.468 e. The van der Waals surface area contributed by atoms with Crippen LogP contribution in [0.2, 0.25) is 0 Å². The lowest BCUT2D eigenvalue weighted by Gasteiger charge is -2.34. The summed E-state index contributed by atoms with van der Waals surface area (Å²) >= 11 is 0. The lowest BCUT2D eigenvalue weighted by atomic mass is 9.69. The Morgan fingerprint density at radius 3 is 2.36 bits per heavy atom. The molecule has 2 atom stereocenters. The maximum absolute atomic E-state index is 12.3. The summed E-state index contributed by atoms with van der Waals surface area (Å²) in [6.45, 7) is 5.67. The van der Waals surface area contributed by atoms with Gasteiger partial charge >= 0.3 is 11.9 Å². The Hall–Kier alpha value is -2.17. The Kier molecular flexibility index (Phi) is 4.09. The Balaban J connectivity index is 2.56. The molecule has 0 aliphatic heterocycles. The van der Waals surface area contributed by atoms with Gasteiger partial charge in [0, 0.05) is 5.41 Å². The highest BCUT2D eigenvalue weighted by Crippen LogP contribution is 2.59. The van der Waals surface area contributed by atoms with Gasteiger partial charge in [0.15, 0.2) is 11.2 Å². The van der Waals surface area contributed by atoms with Gasteiger partial charge in [0.1, 0.15) is 0 Å². The van der Waals surface area contributed by atoms with Crippen molar-refractivity contribution >= 4 is 17.7 Å². The van der Waals surface area contributed by atoms with Gasteiger partial charge < -0.3 is 9.47 Å². The van der Waals surface area contributed by atoms with E-state index in [1.807, 2.05) is 6.92 Å². The van der Waals surface area contributed by atoms with E-state index in [0.29, 0.717) is 0 Å². The molecule has 118 valence electrons. The topological polar surface area (TPSA) is 69.7 Å². The van der Waals surface area contributed by atoms with Crippen molar-refractivity contribution in [2.24, 2.45) is 16.7 Å². The lowest BCUT2D eigenvalue weighted by Crippen LogP contribution is -2.40. The Morgan fingerprint density at radius 2 is 1.91 bits per heavy atom. The Morgan fingerprint density at radius 1 is 1.32 bits per heavy atom. The zero-order valence-corrected chi connectivity index (χ0v) is 13.0. The van der Waals surface area contributed by atoms with E-state index in [1.165, 1.54) is 20.3 Å². The van der Waals surface area contributed by atoms with E-state index < -0.39 is 22.8 Å². The third-order valence-corrected chi connectivity index (χ3v) is 4.90. The molecule has 22 heavy (non-hydrogen) atoms. The molecule has 0 bridgehead atoms. The first-order valence-corrected chi connectivity index (χ1v) is 7.07. The molecule has 2 rings (SSSR count). The van der Waals surface area contributed by atoms with E-state index in [9.17, 15) is 14.4 Å². The number of hydrogen-bond donors (Lipinski definition) is 0. The number of rotatable bonds is 3. The number of ketones is 1. The van der Waals surface area contributed by atoms with E-state index in [4.69, 9.17) is 9.47 Å². The zero-order chi connectivity index (χ0) is 16.5. The Bertz CT molecular complexity index is 582. The molecule has 0 radical (unpaired) electrons. The second-order valence-electron chi connectivity index (χ2n) is 5.89. The van der Waals surface area contributed by atoms with Crippen molar-refractivity contribution in [1.29, 1.82) is 0 Å². The number of ether oxygens (including phenoxy) is 2. The molecule has 0 heterocycles. The van der Waals surface area contributed by atoms with Gasteiger partial charge in [0.2, 0.25) is 0 Å². The van der Waals surface area contributed by atoms with Crippen molar-refractivity contribution in [3.63, 3.8) is 0 Å². The molecule has 2 aliphatic carbocycles. The van der Waals surface area contributed by atoms with E-state index in [-0.39, 0.29) is 24.5 Å². The fraction of sp³-hybridized carbons (Fsp3) is 0.471. The van der Waals surface area contributed by atoms with E-state index >= 15 is 0 Å². The largest absolute Gasteiger partial charge is 0.468 e. The number of hydrogen-bond acceptors (Lipinski definition) is 5. The highest BCUT2D eigenvalue weighted by molar-refractivity contribution is 6.03. The molecule has 1 saturated carbocycles. The summed E-state index contributed by atoms with van der Waals surface area (Å²) in [4.78, 5) is 36.2. The first kappa shape index (κ1) is 16.2. The van der Waals surface area contributed by atoms with Gasteiger partial charge in [-0.05, 0) is 37.8 Å². The van der Waals surface area contributed by atoms with E-state index in [0.717, 1.165) is 5.57 Å². The fourth-order valence-corrected chi connectivity index (χ4v) is 3.71. The van der Waals surface area contributed by atoms with Gasteiger partial charge in [0.05, 0.1) is 14.2 Å². The van der Waals surface area contributed by atoms with Crippen LogP contribution in [0.4, 0.5) is 0 Å². The third kappa shape index (κ3) is 2.12. The number of methoxy groups -OCH3 is 2. The summed E-state index contributed by atoms with van der Waals surface area (Å²) < 4.78 is 9.72. The standard InChI is InChI=1S/C17H20O5/c1-5-12-9-17(14(19)21-3,15(20)22-4)10-16(12)7-6-13(18)8-11(16)2/h5-8,12H,1,9-10H2,2-4H3/t12?,16-/m1/s1. The molecule has 2 aliphatic rings. The molecule has 1 fully saturated rings. The molecule has 0 saturated heterocycles. The third-order valence-electron chi connectivity index (χ3n) is 4.90. The maximum Gasteiger partial charge on any atom is 0.323 e. The average molecular weight is 304 g/mol. The van der Waals surface area contributed by atoms with E-state index in [1.54, 1.807) is 18.2 Å². The summed E-state index contributed by atoms with van der Waals surface area (Å²) in [5.74, 6) is -1.48. The van der Waals surface area contributed by atoms with Crippen LogP contribution in [-0.2, 0) is 23.9 Å². The van der Waals surface area contributed by atoms with Crippen LogP contribution in [0, 0.1) is 16.7 Å². The molecule has 0 aromatic carbocycles. The minimum atomic E-state index is -1.37. The van der Waals surface area contributed by atoms with E-state index in [2.05, 4.69) is 6.58 Å².